The van der Waals surface area contributed by atoms with Crippen LogP contribution in [0.15, 0.2) is 57.0 Å². The lowest BCUT2D eigenvalue weighted by molar-refractivity contribution is -0.384. The van der Waals surface area contributed by atoms with Gasteiger partial charge in [-0.3, -0.25) is 19.8 Å². The van der Waals surface area contributed by atoms with Crippen LogP contribution >= 0.6 is 11.8 Å². The van der Waals surface area contributed by atoms with Crippen LogP contribution in [-0.2, 0) is 19.0 Å². The Morgan fingerprint density at radius 3 is 2.52 bits per heavy atom. The van der Waals surface area contributed by atoms with Crippen molar-refractivity contribution in [3.05, 3.63) is 74.6 Å². The first kappa shape index (κ1) is 31.3. The number of thioether (sulfide) groups is 1. The zero-order valence-corrected chi connectivity index (χ0v) is 26.7. The largest absolute Gasteiger partial charge is 0.420 e. The molecule has 2 aromatic carbocycles. The molecule has 6 rings (SSSR count). The number of benzene rings is 2. The van der Waals surface area contributed by atoms with Crippen LogP contribution in [0.25, 0.3) is 33.7 Å². The predicted molar refractivity (Wildman–Crippen MR) is 172 cm³/mol. The third kappa shape index (κ3) is 6.36. The molecule has 0 amide bonds. The first-order chi connectivity index (χ1) is 22.1. The van der Waals surface area contributed by atoms with Crippen molar-refractivity contribution in [2.45, 2.75) is 31.0 Å². The minimum Gasteiger partial charge on any atom is -0.420 e. The Balaban J connectivity index is 1.29. The van der Waals surface area contributed by atoms with Crippen LogP contribution in [0, 0.1) is 15.9 Å². The molecule has 14 nitrogen and oxygen atoms in total. The highest BCUT2D eigenvalue weighted by atomic mass is 32.2. The molecule has 0 spiro atoms. The van der Waals surface area contributed by atoms with Crippen molar-refractivity contribution in [1.82, 2.24) is 39.3 Å². The number of piperazine rings is 1. The van der Waals surface area contributed by atoms with Gasteiger partial charge in [0.2, 0.25) is 17.2 Å². The number of likely N-dealkylation sites (N-methyl/N-ethyl adjacent to an activating group) is 1. The number of pyridine rings is 1. The average Bonchev–Trinajstić information content (AvgIpc) is 3.67. The second-order valence-corrected chi connectivity index (χ2v) is 12.2. The van der Waals surface area contributed by atoms with Crippen LogP contribution in [0.3, 0.4) is 0 Å². The Hall–Kier alpha value is -4.67. The molecule has 0 N–H and O–H groups in total. The van der Waals surface area contributed by atoms with Gasteiger partial charge < -0.3 is 18.8 Å². The van der Waals surface area contributed by atoms with E-state index in [0.717, 1.165) is 13.1 Å². The number of rotatable bonds is 10. The first-order valence-electron chi connectivity index (χ1n) is 14.7. The predicted octanol–water partition coefficient (Wildman–Crippen LogP) is 3.94. The van der Waals surface area contributed by atoms with E-state index in [4.69, 9.17) is 9.40 Å². The zero-order valence-electron chi connectivity index (χ0n) is 25.9. The molecule has 1 fully saturated rings. The maximum atomic E-state index is 15.5. The normalized spacial score (nSPS) is 14.1. The van der Waals surface area contributed by atoms with Gasteiger partial charge in [-0.05, 0) is 52.3 Å². The van der Waals surface area contributed by atoms with Gasteiger partial charge in [0.15, 0.2) is 11.0 Å². The summed E-state index contributed by atoms with van der Waals surface area (Å²) >= 11 is 1.31. The fraction of sp³-hybridized carbons (Fsp3) is 0.367. The third-order valence-corrected chi connectivity index (χ3v) is 8.70. The highest BCUT2D eigenvalue weighted by Gasteiger charge is 2.23. The summed E-state index contributed by atoms with van der Waals surface area (Å²) < 4.78 is 24.9. The number of fused-ring (bicyclic) bond motifs is 1. The molecule has 4 heterocycles. The molecule has 46 heavy (non-hydrogen) atoms. The lowest BCUT2D eigenvalue weighted by atomic mass is 10.1. The molecule has 3 aromatic heterocycles. The van der Waals surface area contributed by atoms with E-state index in [9.17, 15) is 14.9 Å². The number of nitro benzene ring substituents is 1. The zero-order chi connectivity index (χ0) is 32.5. The SMILES string of the molecule is CCn1cc(-c2nc(SCc3nnc(-c4ccc([N+](=O)[O-])cc4)o3)n(CN(C)C)n2)c(=O)c2cc(F)c(N3CCN(C)CC3)cc21. The molecule has 0 atom stereocenters. The number of halogens is 1. The van der Waals surface area contributed by atoms with Crippen LogP contribution < -0.4 is 10.3 Å². The van der Waals surface area contributed by atoms with Gasteiger partial charge in [-0.1, -0.05) is 11.8 Å². The molecule has 1 aliphatic heterocycles. The van der Waals surface area contributed by atoms with E-state index in [-0.39, 0.29) is 39.5 Å². The Bertz CT molecular complexity index is 1950. The summed E-state index contributed by atoms with van der Waals surface area (Å²) in [4.78, 5) is 35.2. The molecular weight excluding hydrogens is 615 g/mol. The minimum absolute atomic E-state index is 0.0345. The number of non-ortho nitro benzene ring substituents is 1. The number of anilines is 1. The quantitative estimate of drug-likeness (QED) is 0.123. The van der Waals surface area contributed by atoms with Crippen molar-refractivity contribution in [2.24, 2.45) is 0 Å². The van der Waals surface area contributed by atoms with E-state index in [0.29, 0.717) is 54.1 Å². The molecule has 16 heteroatoms. The van der Waals surface area contributed by atoms with E-state index in [2.05, 4.69) is 20.2 Å². The molecule has 0 aliphatic carbocycles. The molecule has 0 saturated carbocycles. The maximum absolute atomic E-state index is 15.5. The standard InChI is InChI=1S/C30H33FN10O4S/c1-5-38-16-22(27(42)21-14-23(31)25(15-24(21)38)39-12-10-37(4)11-13-39)28-32-30(40(35-28)18-36(2)3)46-17-26-33-34-29(45-26)19-6-8-20(9-7-19)41(43)44/h6-9,14-16H,5,10-13,17-18H2,1-4H3. The van der Waals surface area contributed by atoms with Crippen LogP contribution in [0.1, 0.15) is 12.8 Å². The number of nitro groups is 1. The van der Waals surface area contributed by atoms with Gasteiger partial charge in [-0.25, -0.2) is 14.1 Å². The van der Waals surface area contributed by atoms with Crippen LogP contribution in [0.5, 0.6) is 0 Å². The van der Waals surface area contributed by atoms with Crippen molar-refractivity contribution < 1.29 is 13.7 Å². The van der Waals surface area contributed by atoms with Gasteiger partial charge in [0.05, 0.1) is 34.1 Å². The molecule has 0 bridgehead atoms. The molecule has 240 valence electrons. The number of aromatic nitrogens is 6. The topological polar surface area (TPSA) is 144 Å². The van der Waals surface area contributed by atoms with Crippen LogP contribution in [0.4, 0.5) is 15.8 Å². The van der Waals surface area contributed by atoms with Crippen LogP contribution in [-0.4, -0.2) is 91.6 Å². The Kier molecular flexibility index (Phi) is 8.84. The summed E-state index contributed by atoms with van der Waals surface area (Å²) in [7, 11) is 5.84. The Morgan fingerprint density at radius 1 is 1.11 bits per heavy atom. The lowest BCUT2D eigenvalue weighted by Gasteiger charge is -2.34. The lowest BCUT2D eigenvalue weighted by Crippen LogP contribution is -2.44. The average molecular weight is 649 g/mol. The van der Waals surface area contributed by atoms with Gasteiger partial charge >= 0.3 is 0 Å². The van der Waals surface area contributed by atoms with Crippen molar-refractivity contribution in [2.75, 3.05) is 52.2 Å². The van der Waals surface area contributed by atoms with Crippen molar-refractivity contribution in [3.8, 4) is 22.8 Å². The van der Waals surface area contributed by atoms with Crippen molar-refractivity contribution >= 4 is 34.0 Å². The Labute approximate surface area is 267 Å². The highest BCUT2D eigenvalue weighted by Crippen LogP contribution is 2.29. The van der Waals surface area contributed by atoms with Crippen molar-refractivity contribution in [1.29, 1.82) is 0 Å². The second-order valence-electron chi connectivity index (χ2n) is 11.3. The summed E-state index contributed by atoms with van der Waals surface area (Å²) in [6.07, 6.45) is 1.74. The van der Waals surface area contributed by atoms with E-state index < -0.39 is 10.7 Å². The van der Waals surface area contributed by atoms with E-state index in [1.54, 1.807) is 29.1 Å². The number of nitrogens with zero attached hydrogens (tertiary/aromatic N) is 10. The number of hydrogen-bond acceptors (Lipinski definition) is 12. The fourth-order valence-electron chi connectivity index (χ4n) is 5.30. The number of hydrogen-bond donors (Lipinski definition) is 0. The maximum Gasteiger partial charge on any atom is 0.269 e. The van der Waals surface area contributed by atoms with Gasteiger partial charge in [-0.15, -0.1) is 15.3 Å². The molecule has 1 saturated heterocycles. The van der Waals surface area contributed by atoms with Gasteiger partial charge in [0.25, 0.3) is 5.69 Å². The van der Waals surface area contributed by atoms with E-state index in [1.165, 1.54) is 30.0 Å². The molecule has 5 aromatic rings. The van der Waals surface area contributed by atoms with Crippen molar-refractivity contribution in [3.63, 3.8) is 0 Å². The summed E-state index contributed by atoms with van der Waals surface area (Å²) in [6, 6.07) is 8.96. The minimum atomic E-state index is -0.475. The molecular formula is C30H33FN10O4S. The smallest absolute Gasteiger partial charge is 0.269 e. The summed E-state index contributed by atoms with van der Waals surface area (Å²) in [5, 5.41) is 24.6. The summed E-state index contributed by atoms with van der Waals surface area (Å²) in [6.45, 7) is 6.03. The summed E-state index contributed by atoms with van der Waals surface area (Å²) in [5.74, 6) is 0.635. The summed E-state index contributed by atoms with van der Waals surface area (Å²) in [5.41, 5.74) is 1.62. The first-order valence-corrected chi connectivity index (χ1v) is 15.7. The van der Waals surface area contributed by atoms with Gasteiger partial charge in [0.1, 0.15) is 5.82 Å². The Morgan fingerprint density at radius 2 is 1.85 bits per heavy atom. The molecule has 0 radical (unpaired) electrons. The van der Waals surface area contributed by atoms with Gasteiger partial charge in [0, 0.05) is 62.0 Å². The second kappa shape index (κ2) is 13.0. The molecule has 0 unspecified atom stereocenters. The van der Waals surface area contributed by atoms with Crippen LogP contribution in [0.2, 0.25) is 0 Å². The highest BCUT2D eigenvalue weighted by molar-refractivity contribution is 7.98. The molecule has 1 aliphatic rings. The number of aryl methyl sites for hydroxylation is 1. The monoisotopic (exact) mass is 648 g/mol. The van der Waals surface area contributed by atoms with E-state index >= 15 is 4.39 Å². The fourth-order valence-corrected chi connectivity index (χ4v) is 6.07. The van der Waals surface area contributed by atoms with Gasteiger partial charge in [-0.2, -0.15) is 0 Å². The van der Waals surface area contributed by atoms with E-state index in [1.807, 2.05) is 42.4 Å². The third-order valence-electron chi connectivity index (χ3n) is 7.75.